The third kappa shape index (κ3) is 2.14. The van der Waals surface area contributed by atoms with Crippen LogP contribution in [0.2, 0.25) is 0 Å². The second-order valence-corrected chi connectivity index (χ2v) is 3.14. The average molecular weight is 215 g/mol. The standard InChI is InChI=1S/C11H9N3O2/c15-14(16)11-10(12-8-13-11)7-6-9-4-2-1-3-5-9/h1-8H,(H,12,13)/b7-6+. The van der Waals surface area contributed by atoms with Gasteiger partial charge in [-0.15, -0.1) is 0 Å². The summed E-state index contributed by atoms with van der Waals surface area (Å²) in [5, 5.41) is 10.6. The minimum absolute atomic E-state index is 0.0906. The van der Waals surface area contributed by atoms with Gasteiger partial charge < -0.3 is 10.1 Å². The van der Waals surface area contributed by atoms with Crippen LogP contribution in [0.15, 0.2) is 36.7 Å². The highest BCUT2D eigenvalue weighted by molar-refractivity contribution is 5.70. The van der Waals surface area contributed by atoms with Gasteiger partial charge >= 0.3 is 5.82 Å². The molecule has 1 aromatic carbocycles. The number of nitrogens with zero attached hydrogens (tertiary/aromatic N) is 2. The third-order valence-corrected chi connectivity index (χ3v) is 2.06. The molecule has 1 aromatic heterocycles. The van der Waals surface area contributed by atoms with Gasteiger partial charge in [-0.2, -0.15) is 0 Å². The van der Waals surface area contributed by atoms with Crippen LogP contribution in [0.5, 0.6) is 0 Å². The lowest BCUT2D eigenvalue weighted by Gasteiger charge is -1.92. The Bertz CT molecular complexity index is 517. The van der Waals surface area contributed by atoms with Gasteiger partial charge in [0.05, 0.1) is 0 Å². The van der Waals surface area contributed by atoms with Crippen molar-refractivity contribution in [2.45, 2.75) is 0 Å². The Morgan fingerprint density at radius 3 is 2.69 bits per heavy atom. The summed E-state index contributed by atoms with van der Waals surface area (Å²) in [6.07, 6.45) is 4.70. The molecule has 2 aromatic rings. The molecule has 0 unspecified atom stereocenters. The van der Waals surface area contributed by atoms with Crippen LogP contribution >= 0.6 is 0 Å². The van der Waals surface area contributed by atoms with Gasteiger partial charge in [-0.25, -0.2) is 9.97 Å². The minimum atomic E-state index is -0.488. The minimum Gasteiger partial charge on any atom is -0.358 e. The summed E-state index contributed by atoms with van der Waals surface area (Å²) in [6, 6.07) is 9.54. The molecule has 80 valence electrons. The number of hydrogen-bond donors (Lipinski definition) is 1. The van der Waals surface area contributed by atoms with Crippen molar-refractivity contribution in [1.82, 2.24) is 9.97 Å². The molecular formula is C11H9N3O2. The predicted octanol–water partition coefficient (Wildman–Crippen LogP) is 2.49. The zero-order valence-electron chi connectivity index (χ0n) is 8.33. The predicted molar refractivity (Wildman–Crippen MR) is 60.6 cm³/mol. The molecule has 0 spiro atoms. The molecule has 0 atom stereocenters. The number of benzene rings is 1. The summed E-state index contributed by atoms with van der Waals surface area (Å²) >= 11 is 0. The second-order valence-electron chi connectivity index (χ2n) is 3.14. The first-order valence-electron chi connectivity index (χ1n) is 4.68. The Morgan fingerprint density at radius 1 is 1.25 bits per heavy atom. The summed E-state index contributed by atoms with van der Waals surface area (Å²) in [5.41, 5.74) is 1.30. The van der Waals surface area contributed by atoms with E-state index in [1.165, 1.54) is 6.33 Å². The van der Waals surface area contributed by atoms with E-state index in [1.54, 1.807) is 12.2 Å². The lowest BCUT2D eigenvalue weighted by molar-refractivity contribution is -0.389. The molecule has 0 radical (unpaired) electrons. The first-order chi connectivity index (χ1) is 7.77. The summed E-state index contributed by atoms with van der Waals surface area (Å²) in [4.78, 5) is 16.5. The van der Waals surface area contributed by atoms with Gasteiger partial charge in [0.1, 0.15) is 0 Å². The molecule has 2 rings (SSSR count). The van der Waals surface area contributed by atoms with Crippen molar-refractivity contribution in [1.29, 1.82) is 0 Å². The molecule has 0 aliphatic carbocycles. The number of hydrogen-bond acceptors (Lipinski definition) is 3. The van der Waals surface area contributed by atoms with E-state index in [0.717, 1.165) is 5.56 Å². The Labute approximate surface area is 91.6 Å². The van der Waals surface area contributed by atoms with Crippen molar-refractivity contribution in [2.24, 2.45) is 0 Å². The summed E-state index contributed by atoms with van der Waals surface area (Å²) in [5.74, 6) is -0.0906. The molecule has 5 nitrogen and oxygen atoms in total. The van der Waals surface area contributed by atoms with Crippen LogP contribution in [-0.4, -0.2) is 14.9 Å². The van der Waals surface area contributed by atoms with Gasteiger partial charge in [0.2, 0.25) is 0 Å². The zero-order valence-corrected chi connectivity index (χ0v) is 8.33. The van der Waals surface area contributed by atoms with E-state index < -0.39 is 4.92 Å². The first kappa shape index (κ1) is 10.1. The largest absolute Gasteiger partial charge is 0.358 e. The van der Waals surface area contributed by atoms with Gasteiger partial charge in [-0.1, -0.05) is 36.4 Å². The Hall–Kier alpha value is -2.43. The maximum Gasteiger partial charge on any atom is 0.347 e. The molecule has 0 saturated heterocycles. The lowest BCUT2D eigenvalue weighted by atomic mass is 10.2. The van der Waals surface area contributed by atoms with E-state index in [-0.39, 0.29) is 5.82 Å². The smallest absolute Gasteiger partial charge is 0.347 e. The van der Waals surface area contributed by atoms with Gasteiger partial charge in [-0.05, 0) is 16.6 Å². The van der Waals surface area contributed by atoms with Crippen molar-refractivity contribution in [3.05, 3.63) is 58.0 Å². The van der Waals surface area contributed by atoms with Crippen LogP contribution in [0.25, 0.3) is 12.2 Å². The monoisotopic (exact) mass is 215 g/mol. The van der Waals surface area contributed by atoms with E-state index in [1.807, 2.05) is 30.3 Å². The van der Waals surface area contributed by atoms with Crippen LogP contribution in [0.4, 0.5) is 5.82 Å². The Balaban J connectivity index is 2.24. The van der Waals surface area contributed by atoms with Crippen molar-refractivity contribution in [3.8, 4) is 0 Å². The number of aromatic amines is 1. The third-order valence-electron chi connectivity index (χ3n) is 2.06. The molecule has 0 aliphatic heterocycles. The van der Waals surface area contributed by atoms with E-state index in [0.29, 0.717) is 5.69 Å². The Morgan fingerprint density at radius 2 is 2.00 bits per heavy atom. The zero-order chi connectivity index (χ0) is 11.4. The SMILES string of the molecule is O=[N+]([O-])c1[nH]cnc1/C=C/c1ccccc1. The van der Waals surface area contributed by atoms with Gasteiger partial charge in [0.15, 0.2) is 12.0 Å². The molecule has 16 heavy (non-hydrogen) atoms. The van der Waals surface area contributed by atoms with E-state index in [9.17, 15) is 10.1 Å². The lowest BCUT2D eigenvalue weighted by Crippen LogP contribution is -1.89. The molecule has 0 bridgehead atoms. The highest BCUT2D eigenvalue weighted by Crippen LogP contribution is 2.15. The van der Waals surface area contributed by atoms with Crippen LogP contribution in [0, 0.1) is 10.1 Å². The fourth-order valence-corrected chi connectivity index (χ4v) is 1.31. The molecular weight excluding hydrogens is 206 g/mol. The number of nitro groups is 1. The van der Waals surface area contributed by atoms with Gasteiger partial charge in [0.25, 0.3) is 0 Å². The van der Waals surface area contributed by atoms with Crippen LogP contribution in [0.3, 0.4) is 0 Å². The highest BCUT2D eigenvalue weighted by Gasteiger charge is 2.11. The van der Waals surface area contributed by atoms with Crippen molar-refractivity contribution in [2.75, 3.05) is 0 Å². The van der Waals surface area contributed by atoms with Crippen LogP contribution < -0.4 is 0 Å². The quantitative estimate of drug-likeness (QED) is 0.631. The topological polar surface area (TPSA) is 71.8 Å². The summed E-state index contributed by atoms with van der Waals surface area (Å²) in [6.45, 7) is 0. The molecule has 0 aliphatic rings. The van der Waals surface area contributed by atoms with Crippen LogP contribution in [-0.2, 0) is 0 Å². The average Bonchev–Trinajstić information content (AvgIpc) is 2.76. The molecule has 1 heterocycles. The number of nitrogens with one attached hydrogen (secondary N) is 1. The summed E-state index contributed by atoms with van der Waals surface area (Å²) in [7, 11) is 0. The molecule has 0 amide bonds. The molecule has 0 fully saturated rings. The maximum absolute atomic E-state index is 10.6. The van der Waals surface area contributed by atoms with E-state index in [2.05, 4.69) is 9.97 Å². The normalized spacial score (nSPS) is 10.8. The van der Waals surface area contributed by atoms with Crippen LogP contribution in [0.1, 0.15) is 11.3 Å². The van der Waals surface area contributed by atoms with E-state index >= 15 is 0 Å². The summed E-state index contributed by atoms with van der Waals surface area (Å²) < 4.78 is 0. The molecule has 0 saturated carbocycles. The second kappa shape index (κ2) is 4.39. The van der Waals surface area contributed by atoms with Crippen molar-refractivity contribution < 1.29 is 4.92 Å². The Kier molecular flexibility index (Phi) is 2.77. The van der Waals surface area contributed by atoms with Crippen molar-refractivity contribution in [3.63, 3.8) is 0 Å². The number of H-pyrrole nitrogens is 1. The first-order valence-corrected chi connectivity index (χ1v) is 4.68. The number of aromatic nitrogens is 2. The molecule has 5 heteroatoms. The molecule has 1 N–H and O–H groups in total. The van der Waals surface area contributed by atoms with Gasteiger partial charge in [-0.3, -0.25) is 0 Å². The number of rotatable bonds is 3. The highest BCUT2D eigenvalue weighted by atomic mass is 16.6. The maximum atomic E-state index is 10.6. The van der Waals surface area contributed by atoms with Crippen molar-refractivity contribution >= 4 is 18.0 Å². The van der Waals surface area contributed by atoms with Gasteiger partial charge in [0, 0.05) is 0 Å². The van der Waals surface area contributed by atoms with E-state index in [4.69, 9.17) is 0 Å². The fraction of sp³-hybridized carbons (Fsp3) is 0. The fourth-order valence-electron chi connectivity index (χ4n) is 1.31. The number of imidazole rings is 1.